The van der Waals surface area contributed by atoms with E-state index >= 15 is 0 Å². The first-order valence-corrected chi connectivity index (χ1v) is 5.91. The monoisotopic (exact) mass is 269 g/mol. The number of hydrogen-bond donors (Lipinski definition) is 1. The molecule has 1 aromatic carbocycles. The van der Waals surface area contributed by atoms with E-state index in [0.717, 1.165) is 11.8 Å². The van der Waals surface area contributed by atoms with Crippen LogP contribution in [-0.2, 0) is 4.79 Å². The maximum Gasteiger partial charge on any atom is 0.263 e. The van der Waals surface area contributed by atoms with Gasteiger partial charge in [0.05, 0.1) is 12.0 Å². The van der Waals surface area contributed by atoms with Gasteiger partial charge >= 0.3 is 0 Å². The van der Waals surface area contributed by atoms with E-state index in [2.05, 4.69) is 5.32 Å². The number of carbonyl (C=O) groups excluding carboxylic acids is 1. The van der Waals surface area contributed by atoms with Gasteiger partial charge in [-0.25, -0.2) is 4.39 Å². The maximum absolute atomic E-state index is 13.4. The van der Waals surface area contributed by atoms with Crippen molar-refractivity contribution in [3.63, 3.8) is 0 Å². The Morgan fingerprint density at radius 2 is 2.29 bits per heavy atom. The Balaban J connectivity index is 2.42. The summed E-state index contributed by atoms with van der Waals surface area (Å²) in [5.74, 6) is -0.620. The van der Waals surface area contributed by atoms with Crippen LogP contribution in [0.3, 0.4) is 0 Å². The number of nitrogens with one attached hydrogen (secondary N) is 1. The van der Waals surface area contributed by atoms with Crippen molar-refractivity contribution in [1.29, 1.82) is 0 Å². The van der Waals surface area contributed by atoms with Crippen molar-refractivity contribution in [2.75, 3.05) is 7.11 Å². The van der Waals surface area contributed by atoms with Crippen molar-refractivity contribution in [3.8, 4) is 5.75 Å². The Bertz CT molecular complexity index is 528. The second-order valence-corrected chi connectivity index (χ2v) is 4.93. The number of halogens is 1. The molecule has 0 bridgehead atoms. The fourth-order valence-electron chi connectivity index (χ4n) is 1.42. The van der Waals surface area contributed by atoms with Gasteiger partial charge in [-0.05, 0) is 12.1 Å². The van der Waals surface area contributed by atoms with Gasteiger partial charge in [0.1, 0.15) is 4.32 Å². The molecule has 17 heavy (non-hydrogen) atoms. The molecular weight excluding hydrogens is 261 g/mol. The minimum absolute atomic E-state index is 0.117. The summed E-state index contributed by atoms with van der Waals surface area (Å²) >= 11 is 6.01. The fraction of sp³-hybridized carbons (Fsp3) is 0.0909. The number of hydrogen-bond acceptors (Lipinski definition) is 4. The molecule has 1 aromatic rings. The van der Waals surface area contributed by atoms with Crippen molar-refractivity contribution in [1.82, 2.24) is 5.32 Å². The van der Waals surface area contributed by atoms with Gasteiger partial charge in [-0.2, -0.15) is 0 Å². The predicted octanol–water partition coefficient (Wildman–Crippen LogP) is 2.32. The minimum Gasteiger partial charge on any atom is -0.493 e. The molecule has 1 aliphatic heterocycles. The predicted molar refractivity (Wildman–Crippen MR) is 69.3 cm³/mol. The molecule has 1 amide bonds. The molecule has 1 saturated heterocycles. The zero-order chi connectivity index (χ0) is 12.4. The van der Waals surface area contributed by atoms with Crippen LogP contribution in [0, 0.1) is 5.82 Å². The minimum atomic E-state index is -0.465. The molecule has 2 rings (SSSR count). The summed E-state index contributed by atoms with van der Waals surface area (Å²) in [5.41, 5.74) is 0.509. The van der Waals surface area contributed by atoms with Gasteiger partial charge in [0.15, 0.2) is 11.6 Å². The lowest BCUT2D eigenvalue weighted by molar-refractivity contribution is -0.115. The molecule has 1 N–H and O–H groups in total. The number of methoxy groups -OCH3 is 1. The van der Waals surface area contributed by atoms with Crippen LogP contribution >= 0.6 is 24.0 Å². The quantitative estimate of drug-likeness (QED) is 0.660. The second kappa shape index (κ2) is 4.85. The number of thiocarbonyl (C=S) groups is 1. The lowest BCUT2D eigenvalue weighted by Gasteiger charge is -2.05. The molecule has 6 heteroatoms. The van der Waals surface area contributed by atoms with Gasteiger partial charge < -0.3 is 10.1 Å². The van der Waals surface area contributed by atoms with Crippen molar-refractivity contribution >= 4 is 40.3 Å². The Hall–Kier alpha value is -1.40. The highest BCUT2D eigenvalue weighted by atomic mass is 32.2. The first kappa shape index (κ1) is 12.1. The molecule has 1 aliphatic rings. The van der Waals surface area contributed by atoms with E-state index in [1.54, 1.807) is 18.2 Å². The topological polar surface area (TPSA) is 38.3 Å². The fourth-order valence-corrected chi connectivity index (χ4v) is 2.45. The Labute approximate surface area is 107 Å². The van der Waals surface area contributed by atoms with Crippen LogP contribution in [0.15, 0.2) is 23.1 Å². The highest BCUT2D eigenvalue weighted by molar-refractivity contribution is 8.26. The third-order valence-corrected chi connectivity index (χ3v) is 3.29. The van der Waals surface area contributed by atoms with Crippen LogP contribution in [0.1, 0.15) is 5.56 Å². The zero-order valence-electron chi connectivity index (χ0n) is 8.82. The van der Waals surface area contributed by atoms with Crippen LogP contribution < -0.4 is 10.1 Å². The number of ether oxygens (including phenoxy) is 1. The first-order chi connectivity index (χ1) is 8.11. The summed E-state index contributed by atoms with van der Waals surface area (Å²) in [6.45, 7) is 0. The maximum atomic E-state index is 13.4. The average Bonchev–Trinajstić information content (AvgIpc) is 2.58. The van der Waals surface area contributed by atoms with E-state index in [0.29, 0.717) is 14.8 Å². The average molecular weight is 269 g/mol. The second-order valence-electron chi connectivity index (χ2n) is 3.21. The molecule has 0 saturated carbocycles. The van der Waals surface area contributed by atoms with Gasteiger partial charge in [-0.1, -0.05) is 36.1 Å². The van der Waals surface area contributed by atoms with Crippen LogP contribution in [0.5, 0.6) is 5.75 Å². The highest BCUT2D eigenvalue weighted by Gasteiger charge is 2.22. The standard InChI is InChI=1S/C11H8FNO2S2/c1-15-9-6(3-2-4-7(9)12)5-8-10(14)13-11(16)17-8/h2-5H,1H3,(H,13,14,16). The van der Waals surface area contributed by atoms with Gasteiger partial charge in [0, 0.05) is 5.56 Å². The molecule has 88 valence electrons. The van der Waals surface area contributed by atoms with Gasteiger partial charge in [0.25, 0.3) is 5.91 Å². The highest BCUT2D eigenvalue weighted by Crippen LogP contribution is 2.30. The number of para-hydroxylation sites is 1. The molecule has 0 spiro atoms. The number of rotatable bonds is 2. The van der Waals surface area contributed by atoms with Crippen molar-refractivity contribution in [2.45, 2.75) is 0 Å². The van der Waals surface area contributed by atoms with Crippen LogP contribution in [0.2, 0.25) is 0 Å². The lowest BCUT2D eigenvalue weighted by atomic mass is 10.1. The molecule has 0 atom stereocenters. The molecule has 0 aliphatic carbocycles. The zero-order valence-corrected chi connectivity index (χ0v) is 10.5. The molecular formula is C11H8FNO2S2. The van der Waals surface area contributed by atoms with Gasteiger partial charge in [0.2, 0.25) is 0 Å². The first-order valence-electron chi connectivity index (χ1n) is 4.69. The Morgan fingerprint density at radius 3 is 2.88 bits per heavy atom. The third kappa shape index (κ3) is 2.48. The van der Waals surface area contributed by atoms with E-state index < -0.39 is 5.82 Å². The van der Waals surface area contributed by atoms with E-state index in [9.17, 15) is 9.18 Å². The van der Waals surface area contributed by atoms with Gasteiger partial charge in [-0.3, -0.25) is 4.79 Å². The molecule has 0 aromatic heterocycles. The summed E-state index contributed by atoms with van der Waals surface area (Å²) in [6, 6.07) is 4.53. The van der Waals surface area contributed by atoms with Crippen LogP contribution in [0.4, 0.5) is 4.39 Å². The summed E-state index contributed by atoms with van der Waals surface area (Å²) < 4.78 is 18.8. The summed E-state index contributed by atoms with van der Waals surface area (Å²) in [4.78, 5) is 11.9. The number of benzene rings is 1. The van der Waals surface area contributed by atoms with E-state index in [4.69, 9.17) is 17.0 Å². The Morgan fingerprint density at radius 1 is 1.53 bits per heavy atom. The molecule has 3 nitrogen and oxygen atoms in total. The molecule has 0 radical (unpaired) electrons. The van der Waals surface area contributed by atoms with Gasteiger partial charge in [-0.15, -0.1) is 0 Å². The van der Waals surface area contributed by atoms with E-state index in [1.165, 1.54) is 13.2 Å². The largest absolute Gasteiger partial charge is 0.493 e. The molecule has 1 fully saturated rings. The van der Waals surface area contributed by atoms with Crippen LogP contribution in [-0.4, -0.2) is 17.3 Å². The van der Waals surface area contributed by atoms with Crippen molar-refractivity contribution in [3.05, 3.63) is 34.5 Å². The number of amides is 1. The van der Waals surface area contributed by atoms with Crippen molar-refractivity contribution in [2.24, 2.45) is 0 Å². The normalized spacial score (nSPS) is 17.4. The smallest absolute Gasteiger partial charge is 0.263 e. The Kier molecular flexibility index (Phi) is 3.44. The van der Waals surface area contributed by atoms with Crippen molar-refractivity contribution < 1.29 is 13.9 Å². The lowest BCUT2D eigenvalue weighted by Crippen LogP contribution is -2.17. The van der Waals surface area contributed by atoms with Crippen LogP contribution in [0.25, 0.3) is 6.08 Å². The van der Waals surface area contributed by atoms with E-state index in [1.807, 2.05) is 0 Å². The summed E-state index contributed by atoms with van der Waals surface area (Å²) in [7, 11) is 1.38. The molecule has 1 heterocycles. The summed E-state index contributed by atoms with van der Waals surface area (Å²) in [5, 5.41) is 2.49. The molecule has 0 unspecified atom stereocenters. The summed E-state index contributed by atoms with van der Waals surface area (Å²) in [6.07, 6.45) is 1.56. The number of thioether (sulfide) groups is 1. The number of carbonyl (C=O) groups is 1. The SMILES string of the molecule is COc1c(F)cccc1C=C1SC(=S)NC1=O. The van der Waals surface area contributed by atoms with E-state index in [-0.39, 0.29) is 11.7 Å². The third-order valence-electron chi connectivity index (χ3n) is 2.13.